The first-order chi connectivity index (χ1) is 9.24. The lowest BCUT2D eigenvalue weighted by Gasteiger charge is -2.09. The van der Waals surface area contributed by atoms with Crippen molar-refractivity contribution in [2.24, 2.45) is 4.99 Å². The molecule has 0 saturated heterocycles. The average Bonchev–Trinajstić information content (AvgIpc) is 3.13. The highest BCUT2D eigenvalue weighted by Crippen LogP contribution is 2.18. The number of aliphatic imine (C=N–C) groups is 1. The Labute approximate surface area is 112 Å². The summed E-state index contributed by atoms with van der Waals surface area (Å²) in [7, 11) is 1.79. The van der Waals surface area contributed by atoms with Crippen LogP contribution in [0.25, 0.3) is 11.0 Å². The summed E-state index contributed by atoms with van der Waals surface area (Å²) in [5.74, 6) is 1.78. The molecule has 2 aromatic rings. The van der Waals surface area contributed by atoms with Crippen molar-refractivity contribution in [3.8, 4) is 0 Å². The van der Waals surface area contributed by atoms with Gasteiger partial charge in [-0.2, -0.15) is 0 Å². The van der Waals surface area contributed by atoms with Gasteiger partial charge in [0.1, 0.15) is 5.82 Å². The Morgan fingerprint density at radius 3 is 3.05 bits per heavy atom. The molecule has 1 fully saturated rings. The topological polar surface area (TPSA) is 65.1 Å². The molecule has 1 aliphatic carbocycles. The summed E-state index contributed by atoms with van der Waals surface area (Å²) in [6.07, 6.45) is 2.48. The fourth-order valence-electron chi connectivity index (χ4n) is 2.04. The fraction of sp³-hybridized carbons (Fsp3) is 0.429. The molecule has 19 heavy (non-hydrogen) atoms. The summed E-state index contributed by atoms with van der Waals surface area (Å²) in [5, 5.41) is 6.63. The summed E-state index contributed by atoms with van der Waals surface area (Å²) in [6, 6.07) is 6.84. The molecule has 0 bridgehead atoms. The first-order valence-electron chi connectivity index (χ1n) is 6.67. The average molecular weight is 257 g/mol. The maximum Gasteiger partial charge on any atom is 0.191 e. The zero-order valence-corrected chi connectivity index (χ0v) is 11.3. The van der Waals surface area contributed by atoms with Gasteiger partial charge in [0.15, 0.2) is 5.96 Å². The van der Waals surface area contributed by atoms with E-state index in [9.17, 15) is 0 Å². The number of hydrogen-bond acceptors (Lipinski definition) is 2. The van der Waals surface area contributed by atoms with E-state index >= 15 is 0 Å². The second kappa shape index (κ2) is 4.91. The van der Waals surface area contributed by atoms with Gasteiger partial charge in [-0.25, -0.2) is 4.98 Å². The van der Waals surface area contributed by atoms with Crippen LogP contribution < -0.4 is 10.6 Å². The molecule has 1 aliphatic rings. The molecule has 3 N–H and O–H groups in total. The minimum atomic E-state index is 0.601. The molecule has 0 aliphatic heterocycles. The van der Waals surface area contributed by atoms with Gasteiger partial charge in [0.25, 0.3) is 0 Å². The molecule has 0 spiro atoms. The third-order valence-electron chi connectivity index (χ3n) is 3.25. The molecule has 1 saturated carbocycles. The number of fused-ring (bicyclic) bond motifs is 1. The highest BCUT2D eigenvalue weighted by atomic mass is 15.2. The third kappa shape index (κ3) is 2.86. The molecule has 0 amide bonds. The molecule has 1 heterocycles. The third-order valence-corrected chi connectivity index (χ3v) is 3.25. The molecule has 1 aromatic carbocycles. The SMILES string of the molecule is CN=C(NCc1nc2ccc(C)cc2[nH]1)NC1CC1. The predicted molar refractivity (Wildman–Crippen MR) is 77.2 cm³/mol. The number of aromatic amines is 1. The number of hydrogen-bond donors (Lipinski definition) is 3. The van der Waals surface area contributed by atoms with Gasteiger partial charge < -0.3 is 15.6 Å². The molecule has 0 atom stereocenters. The van der Waals surface area contributed by atoms with Gasteiger partial charge in [0, 0.05) is 13.1 Å². The second-order valence-electron chi connectivity index (χ2n) is 5.05. The molecule has 5 nitrogen and oxygen atoms in total. The first-order valence-corrected chi connectivity index (χ1v) is 6.67. The quantitative estimate of drug-likeness (QED) is 0.579. The Morgan fingerprint density at radius 1 is 1.47 bits per heavy atom. The fourth-order valence-corrected chi connectivity index (χ4v) is 2.04. The van der Waals surface area contributed by atoms with Crippen LogP contribution >= 0.6 is 0 Å². The zero-order valence-electron chi connectivity index (χ0n) is 11.3. The van der Waals surface area contributed by atoms with E-state index in [0.717, 1.165) is 22.8 Å². The molecule has 0 unspecified atom stereocenters. The van der Waals surface area contributed by atoms with Crippen LogP contribution in [0.2, 0.25) is 0 Å². The van der Waals surface area contributed by atoms with Gasteiger partial charge in [0.05, 0.1) is 17.6 Å². The first kappa shape index (κ1) is 12.0. The van der Waals surface area contributed by atoms with Crippen LogP contribution in [-0.4, -0.2) is 29.0 Å². The number of aromatic nitrogens is 2. The zero-order chi connectivity index (χ0) is 13.2. The molecule has 5 heteroatoms. The normalized spacial score (nSPS) is 15.8. The van der Waals surface area contributed by atoms with Crippen LogP contribution in [0.5, 0.6) is 0 Å². The van der Waals surface area contributed by atoms with Crippen molar-refractivity contribution in [3.05, 3.63) is 29.6 Å². The van der Waals surface area contributed by atoms with Crippen molar-refractivity contribution in [3.63, 3.8) is 0 Å². The Kier molecular flexibility index (Phi) is 3.11. The summed E-state index contributed by atoms with van der Waals surface area (Å²) in [5.41, 5.74) is 3.33. The van der Waals surface area contributed by atoms with Crippen molar-refractivity contribution in [1.29, 1.82) is 0 Å². The number of nitrogens with one attached hydrogen (secondary N) is 3. The smallest absolute Gasteiger partial charge is 0.191 e. The Bertz CT molecular complexity index is 609. The van der Waals surface area contributed by atoms with Gasteiger partial charge >= 0.3 is 0 Å². The standard InChI is InChI=1S/C14H19N5/c1-9-3-6-11-12(7-9)19-13(18-11)8-16-14(15-2)17-10-4-5-10/h3,6-7,10H,4-5,8H2,1-2H3,(H,18,19)(H2,15,16,17). The number of rotatable bonds is 3. The highest BCUT2D eigenvalue weighted by Gasteiger charge is 2.22. The maximum atomic E-state index is 4.55. The van der Waals surface area contributed by atoms with Crippen molar-refractivity contribution < 1.29 is 0 Å². The van der Waals surface area contributed by atoms with Gasteiger partial charge in [-0.05, 0) is 37.5 Å². The minimum absolute atomic E-state index is 0.601. The van der Waals surface area contributed by atoms with E-state index in [1.807, 2.05) is 6.07 Å². The lowest BCUT2D eigenvalue weighted by molar-refractivity contribution is 0.781. The molecule has 100 valence electrons. The second-order valence-corrected chi connectivity index (χ2v) is 5.05. The van der Waals surface area contributed by atoms with E-state index in [1.54, 1.807) is 7.05 Å². The lowest BCUT2D eigenvalue weighted by Crippen LogP contribution is -2.38. The minimum Gasteiger partial charge on any atom is -0.354 e. The molecule has 0 radical (unpaired) electrons. The number of nitrogens with zero attached hydrogens (tertiary/aromatic N) is 2. The van der Waals surface area contributed by atoms with Crippen LogP contribution in [0.3, 0.4) is 0 Å². The Hall–Kier alpha value is -2.04. The summed E-state index contributed by atoms with van der Waals surface area (Å²) >= 11 is 0. The lowest BCUT2D eigenvalue weighted by atomic mass is 10.2. The monoisotopic (exact) mass is 257 g/mol. The highest BCUT2D eigenvalue weighted by molar-refractivity contribution is 5.80. The van der Waals surface area contributed by atoms with Crippen LogP contribution in [0, 0.1) is 6.92 Å². The van der Waals surface area contributed by atoms with Crippen LogP contribution in [0.1, 0.15) is 24.2 Å². The van der Waals surface area contributed by atoms with E-state index in [-0.39, 0.29) is 0 Å². The number of H-pyrrole nitrogens is 1. The molecule has 1 aromatic heterocycles. The summed E-state index contributed by atoms with van der Waals surface area (Å²) in [6.45, 7) is 2.74. The Morgan fingerprint density at radius 2 is 2.32 bits per heavy atom. The van der Waals surface area contributed by atoms with E-state index in [2.05, 4.69) is 44.7 Å². The van der Waals surface area contributed by atoms with Gasteiger partial charge in [-0.3, -0.25) is 4.99 Å². The van der Waals surface area contributed by atoms with Gasteiger partial charge in [-0.1, -0.05) is 6.07 Å². The van der Waals surface area contributed by atoms with Crippen molar-refractivity contribution in [1.82, 2.24) is 20.6 Å². The molecular weight excluding hydrogens is 238 g/mol. The molecule has 3 rings (SSSR count). The number of imidazole rings is 1. The van der Waals surface area contributed by atoms with Crippen LogP contribution in [-0.2, 0) is 6.54 Å². The van der Waals surface area contributed by atoms with Crippen LogP contribution in [0.15, 0.2) is 23.2 Å². The Balaban J connectivity index is 1.67. The predicted octanol–water partition coefficient (Wildman–Crippen LogP) is 1.70. The van der Waals surface area contributed by atoms with E-state index in [0.29, 0.717) is 12.6 Å². The van der Waals surface area contributed by atoms with Gasteiger partial charge in [0.2, 0.25) is 0 Å². The van der Waals surface area contributed by atoms with Crippen molar-refractivity contribution >= 4 is 17.0 Å². The van der Waals surface area contributed by atoms with E-state index in [1.165, 1.54) is 18.4 Å². The number of aryl methyl sites for hydroxylation is 1. The van der Waals surface area contributed by atoms with E-state index < -0.39 is 0 Å². The summed E-state index contributed by atoms with van der Waals surface area (Å²) < 4.78 is 0. The largest absolute Gasteiger partial charge is 0.354 e. The molecular formula is C14H19N5. The number of guanidine groups is 1. The van der Waals surface area contributed by atoms with E-state index in [4.69, 9.17) is 0 Å². The number of benzene rings is 1. The summed E-state index contributed by atoms with van der Waals surface area (Å²) in [4.78, 5) is 12.1. The van der Waals surface area contributed by atoms with Crippen LogP contribution in [0.4, 0.5) is 0 Å². The van der Waals surface area contributed by atoms with Crippen molar-refractivity contribution in [2.45, 2.75) is 32.4 Å². The van der Waals surface area contributed by atoms with Gasteiger partial charge in [-0.15, -0.1) is 0 Å². The maximum absolute atomic E-state index is 4.55. The van der Waals surface area contributed by atoms with Crippen molar-refractivity contribution in [2.75, 3.05) is 7.05 Å².